The van der Waals surface area contributed by atoms with Gasteiger partial charge in [-0.15, -0.1) is 11.3 Å². The average molecular weight is 811 g/mol. The SMILES string of the molecule is CCn1c(-c2cc(N3CCN(C)CC3)cnc2[C@H](C)OC)c2c3cc(ccc31)-c1csc(n1)C[C@H](NC(=O)C1C[C@@H]1C)C(=O)N1CCCC(N1)C(=O)OCC(C)(C)C2. The highest BCUT2D eigenvalue weighted by molar-refractivity contribution is 7.10. The van der Waals surface area contributed by atoms with Crippen LogP contribution in [0.2, 0.25) is 0 Å². The van der Waals surface area contributed by atoms with E-state index >= 15 is 0 Å². The zero-order chi connectivity index (χ0) is 40.9. The third-order valence-corrected chi connectivity index (χ3v) is 13.4. The minimum absolute atomic E-state index is 0.0897. The van der Waals surface area contributed by atoms with Gasteiger partial charge in [-0.2, -0.15) is 0 Å². The maximum absolute atomic E-state index is 14.1. The quantitative estimate of drug-likeness (QED) is 0.227. The molecule has 3 aliphatic heterocycles. The Morgan fingerprint density at radius 1 is 1.16 bits per heavy atom. The second-order valence-corrected chi connectivity index (χ2v) is 18.5. The Morgan fingerprint density at radius 3 is 2.66 bits per heavy atom. The lowest BCUT2D eigenvalue weighted by atomic mass is 9.84. The van der Waals surface area contributed by atoms with Gasteiger partial charge in [0.1, 0.15) is 12.1 Å². The minimum atomic E-state index is -0.825. The predicted molar refractivity (Wildman–Crippen MR) is 226 cm³/mol. The van der Waals surface area contributed by atoms with E-state index in [1.165, 1.54) is 16.3 Å². The number of nitrogens with one attached hydrogen (secondary N) is 2. The van der Waals surface area contributed by atoms with E-state index in [1.807, 2.05) is 25.4 Å². The lowest BCUT2D eigenvalue weighted by Gasteiger charge is -2.35. The summed E-state index contributed by atoms with van der Waals surface area (Å²) in [6.07, 6.45) is 4.60. The molecule has 2 amide bonds. The molecule has 6 bridgehead atoms. The van der Waals surface area contributed by atoms with Crippen molar-refractivity contribution < 1.29 is 23.9 Å². The van der Waals surface area contributed by atoms with Crippen molar-refractivity contribution in [1.29, 1.82) is 0 Å². The van der Waals surface area contributed by atoms with Gasteiger partial charge in [-0.1, -0.05) is 26.8 Å². The molecule has 5 atom stereocenters. The third kappa shape index (κ3) is 8.12. The van der Waals surface area contributed by atoms with Crippen LogP contribution in [0.25, 0.3) is 33.4 Å². The van der Waals surface area contributed by atoms with E-state index < -0.39 is 17.5 Å². The first-order valence-corrected chi connectivity index (χ1v) is 21.8. The number of ether oxygens (including phenoxy) is 2. The van der Waals surface area contributed by atoms with E-state index in [4.69, 9.17) is 19.4 Å². The Bertz CT molecular complexity index is 2190. The standard InChI is InChI=1S/C44H58N8O5S/c1-8-51-37-12-11-28-19-31(37)33(40(51)32-20-29(23-45-39(32)27(3)56-7)50-16-14-49(6)15-17-50)22-44(4,5)25-57-43(55)34-10-9-13-52(48-34)42(54)35(21-38-46-36(28)24-58-38)47-41(53)30-18-26(30)2/h11-12,19-20,23-24,26-27,30,34-35,48H,8-10,13-18,21-22,25H2,1-7H3,(H,47,53)/t26-,27-,30?,34?,35-/m0/s1. The molecule has 3 fully saturated rings. The van der Waals surface area contributed by atoms with E-state index in [0.717, 1.165) is 94.5 Å². The summed E-state index contributed by atoms with van der Waals surface area (Å²) in [7, 11) is 3.89. The summed E-state index contributed by atoms with van der Waals surface area (Å²) in [5.41, 5.74) is 10.9. The summed E-state index contributed by atoms with van der Waals surface area (Å²) in [4.78, 5) is 56.1. The van der Waals surface area contributed by atoms with E-state index in [0.29, 0.717) is 31.7 Å². The predicted octanol–water partition coefficient (Wildman–Crippen LogP) is 5.61. The Labute approximate surface area is 345 Å². The normalized spacial score (nSPS) is 24.7. The molecule has 4 aromatic rings. The van der Waals surface area contributed by atoms with Crippen molar-refractivity contribution in [3.63, 3.8) is 0 Å². The highest BCUT2D eigenvalue weighted by atomic mass is 32.1. The number of thiazole rings is 1. The number of hydrogen-bond donors (Lipinski definition) is 2. The first kappa shape index (κ1) is 40.4. The number of aryl methyl sites for hydroxylation is 1. The molecule has 8 rings (SSSR count). The van der Waals surface area contributed by atoms with Crippen LogP contribution in [0.15, 0.2) is 35.8 Å². The number of amides is 2. The molecule has 13 nitrogen and oxygen atoms in total. The number of anilines is 1. The van der Waals surface area contributed by atoms with Crippen molar-refractivity contribution in [1.82, 2.24) is 35.2 Å². The summed E-state index contributed by atoms with van der Waals surface area (Å²) in [5, 5.41) is 8.46. The van der Waals surface area contributed by atoms with Crippen LogP contribution < -0.4 is 15.6 Å². The number of methoxy groups -OCH3 is 1. The van der Waals surface area contributed by atoms with E-state index in [1.54, 1.807) is 7.11 Å². The first-order chi connectivity index (χ1) is 27.8. The van der Waals surface area contributed by atoms with Crippen LogP contribution in [0.1, 0.15) is 76.3 Å². The minimum Gasteiger partial charge on any atom is -0.464 e. The molecule has 1 aromatic carbocycles. The van der Waals surface area contributed by atoms with Gasteiger partial charge < -0.3 is 29.2 Å². The van der Waals surface area contributed by atoms with Crippen LogP contribution in [-0.2, 0) is 43.2 Å². The Morgan fingerprint density at radius 2 is 1.93 bits per heavy atom. The number of piperazine rings is 1. The summed E-state index contributed by atoms with van der Waals surface area (Å²) in [6.45, 7) is 15.7. The number of carbonyl (C=O) groups excluding carboxylic acids is 3. The van der Waals surface area contributed by atoms with Crippen LogP contribution in [0.4, 0.5) is 5.69 Å². The number of hydrogen-bond acceptors (Lipinski definition) is 11. The van der Waals surface area contributed by atoms with Gasteiger partial charge in [0.2, 0.25) is 5.91 Å². The molecule has 1 saturated carbocycles. The average Bonchev–Trinajstić information content (AvgIpc) is 3.65. The molecule has 14 heteroatoms. The first-order valence-electron chi connectivity index (χ1n) is 20.9. The fourth-order valence-electron chi connectivity index (χ4n) is 8.80. The van der Waals surface area contributed by atoms with Crippen LogP contribution in [-0.4, -0.2) is 108 Å². The number of hydrazine groups is 1. The molecule has 4 aliphatic rings. The molecule has 3 aromatic heterocycles. The zero-order valence-electron chi connectivity index (χ0n) is 35.0. The molecule has 2 saturated heterocycles. The number of cyclic esters (lactones) is 1. The largest absolute Gasteiger partial charge is 0.464 e. The molecular formula is C44H58N8O5S. The fraction of sp³-hybridized carbons (Fsp3) is 0.568. The highest BCUT2D eigenvalue weighted by Crippen LogP contribution is 2.43. The van der Waals surface area contributed by atoms with E-state index in [9.17, 15) is 14.4 Å². The number of fused-ring (bicyclic) bond motifs is 6. The monoisotopic (exact) mass is 810 g/mol. The number of benzene rings is 1. The Balaban J connectivity index is 1.26. The van der Waals surface area contributed by atoms with Crippen LogP contribution in [0.5, 0.6) is 0 Å². The number of esters is 1. The fourth-order valence-corrected chi connectivity index (χ4v) is 9.65. The maximum atomic E-state index is 14.1. The van der Waals surface area contributed by atoms with Gasteiger partial charge in [0, 0.05) is 91.5 Å². The second kappa shape index (κ2) is 16.4. The van der Waals surface area contributed by atoms with Crippen molar-refractivity contribution in [2.24, 2.45) is 17.3 Å². The number of aromatic nitrogens is 3. The van der Waals surface area contributed by atoms with Gasteiger partial charge in [-0.25, -0.2) is 10.4 Å². The van der Waals surface area contributed by atoms with Crippen molar-refractivity contribution >= 4 is 45.7 Å². The van der Waals surface area contributed by atoms with Crippen molar-refractivity contribution in [3.05, 3.63) is 52.1 Å². The molecule has 6 heterocycles. The molecule has 0 radical (unpaired) electrons. The van der Waals surface area contributed by atoms with Crippen molar-refractivity contribution in [3.8, 4) is 22.5 Å². The summed E-state index contributed by atoms with van der Waals surface area (Å²) < 4.78 is 14.5. The topological polar surface area (TPSA) is 134 Å². The smallest absolute Gasteiger partial charge is 0.324 e. The van der Waals surface area contributed by atoms with Gasteiger partial charge in [-0.05, 0) is 76.3 Å². The molecule has 1 aliphatic carbocycles. The van der Waals surface area contributed by atoms with Crippen LogP contribution in [0, 0.1) is 17.3 Å². The summed E-state index contributed by atoms with van der Waals surface area (Å²) in [6, 6.07) is 7.34. The molecule has 310 valence electrons. The number of carbonyl (C=O) groups is 3. The molecule has 0 spiro atoms. The number of pyridine rings is 1. The van der Waals surface area contributed by atoms with Crippen LogP contribution in [0.3, 0.4) is 0 Å². The number of likely N-dealkylation sites (N-methyl/N-ethyl adjacent to an activating group) is 1. The van der Waals surface area contributed by atoms with E-state index in [-0.39, 0.29) is 42.8 Å². The number of rotatable bonds is 7. The second-order valence-electron chi connectivity index (χ2n) is 17.6. The van der Waals surface area contributed by atoms with Crippen LogP contribution >= 0.6 is 11.3 Å². The molecular weight excluding hydrogens is 753 g/mol. The highest BCUT2D eigenvalue weighted by Gasteiger charge is 2.42. The Hall–Kier alpha value is -4.37. The van der Waals surface area contributed by atoms with Crippen molar-refractivity contribution in [2.75, 3.05) is 58.4 Å². The third-order valence-electron chi connectivity index (χ3n) is 12.5. The van der Waals surface area contributed by atoms with Gasteiger partial charge in [-0.3, -0.25) is 24.4 Å². The molecule has 2 N–H and O–H groups in total. The van der Waals surface area contributed by atoms with Gasteiger partial charge in [0.25, 0.3) is 5.91 Å². The number of nitrogens with zero attached hydrogens (tertiary/aromatic N) is 6. The Kier molecular flexibility index (Phi) is 11.4. The lowest BCUT2D eigenvalue weighted by molar-refractivity contribution is -0.155. The van der Waals surface area contributed by atoms with E-state index in [2.05, 4.69) is 77.2 Å². The molecule has 58 heavy (non-hydrogen) atoms. The molecule has 2 unspecified atom stereocenters. The van der Waals surface area contributed by atoms with Gasteiger partial charge in [0.15, 0.2) is 0 Å². The lowest BCUT2D eigenvalue weighted by Crippen LogP contribution is -2.60. The maximum Gasteiger partial charge on any atom is 0.324 e. The van der Waals surface area contributed by atoms with Crippen molar-refractivity contribution in [2.45, 2.75) is 91.5 Å². The summed E-state index contributed by atoms with van der Waals surface area (Å²) >= 11 is 1.49. The zero-order valence-corrected chi connectivity index (χ0v) is 35.8. The van der Waals surface area contributed by atoms with Gasteiger partial charge in [0.05, 0.1) is 46.7 Å². The van der Waals surface area contributed by atoms with Gasteiger partial charge >= 0.3 is 5.97 Å². The summed E-state index contributed by atoms with van der Waals surface area (Å²) in [5.74, 6) is -0.561.